The third kappa shape index (κ3) is 4.11. The Morgan fingerprint density at radius 1 is 1.19 bits per heavy atom. The van der Waals surface area contributed by atoms with Crippen molar-refractivity contribution >= 4 is 5.91 Å². The van der Waals surface area contributed by atoms with Crippen molar-refractivity contribution in [2.45, 2.75) is 70.6 Å². The monoisotopic (exact) mass is 306 g/mol. The molecule has 2 N–H and O–H groups in total. The van der Waals surface area contributed by atoms with Crippen molar-refractivity contribution in [1.82, 2.24) is 10.6 Å². The molecule has 0 aromatic heterocycles. The minimum Gasteiger partial charge on any atom is -0.352 e. The summed E-state index contributed by atoms with van der Waals surface area (Å²) in [5.41, 5.74) is -0.106. The van der Waals surface area contributed by atoms with Crippen LogP contribution in [0.2, 0.25) is 0 Å². The van der Waals surface area contributed by atoms with Crippen LogP contribution in [-0.4, -0.2) is 30.7 Å². The number of amides is 1. The van der Waals surface area contributed by atoms with Gasteiger partial charge in [0, 0.05) is 6.04 Å². The fraction of sp³-hybridized carbons (Fsp3) is 0.933. The van der Waals surface area contributed by atoms with Crippen LogP contribution in [0.15, 0.2) is 0 Å². The van der Waals surface area contributed by atoms with Crippen molar-refractivity contribution in [3.63, 3.8) is 0 Å². The molecule has 1 heterocycles. The number of piperidine rings is 1. The first-order valence-corrected chi connectivity index (χ1v) is 7.80. The summed E-state index contributed by atoms with van der Waals surface area (Å²) >= 11 is 0. The van der Waals surface area contributed by atoms with Crippen LogP contribution >= 0.6 is 0 Å². The second-order valence-corrected chi connectivity index (χ2v) is 7.08. The second-order valence-electron chi connectivity index (χ2n) is 7.08. The van der Waals surface area contributed by atoms with E-state index in [1.807, 2.05) is 0 Å². The van der Waals surface area contributed by atoms with E-state index in [9.17, 15) is 18.0 Å². The molecule has 2 fully saturated rings. The number of carbonyl (C=O) groups is 1. The van der Waals surface area contributed by atoms with Crippen LogP contribution in [0.5, 0.6) is 0 Å². The number of nitrogens with one attached hydrogen (secondary N) is 2. The average molecular weight is 306 g/mol. The first kappa shape index (κ1) is 16.6. The summed E-state index contributed by atoms with van der Waals surface area (Å²) in [4.78, 5) is 12.4. The molecule has 1 saturated heterocycles. The highest BCUT2D eigenvalue weighted by Gasteiger charge is 2.42. The van der Waals surface area contributed by atoms with Crippen molar-refractivity contribution in [2.75, 3.05) is 6.54 Å². The van der Waals surface area contributed by atoms with Crippen molar-refractivity contribution in [3.8, 4) is 0 Å². The molecule has 0 spiro atoms. The van der Waals surface area contributed by atoms with E-state index in [4.69, 9.17) is 0 Å². The summed E-state index contributed by atoms with van der Waals surface area (Å²) in [5.74, 6) is -1.26. The highest BCUT2D eigenvalue weighted by molar-refractivity contribution is 5.83. The van der Waals surface area contributed by atoms with Crippen molar-refractivity contribution in [1.29, 1.82) is 0 Å². The highest BCUT2D eigenvalue weighted by Crippen LogP contribution is 2.37. The van der Waals surface area contributed by atoms with Crippen molar-refractivity contribution < 1.29 is 18.0 Å². The molecule has 122 valence electrons. The molecule has 2 rings (SSSR count). The molecule has 1 unspecified atom stereocenters. The molecule has 6 heteroatoms. The van der Waals surface area contributed by atoms with E-state index in [0.717, 1.165) is 19.4 Å². The predicted octanol–water partition coefficient (Wildman–Crippen LogP) is 3.00. The number of alkyl halides is 3. The zero-order valence-electron chi connectivity index (χ0n) is 12.7. The van der Waals surface area contributed by atoms with Gasteiger partial charge in [-0.3, -0.25) is 4.79 Å². The first-order valence-electron chi connectivity index (χ1n) is 7.80. The zero-order valence-corrected chi connectivity index (χ0v) is 12.7. The third-order valence-electron chi connectivity index (χ3n) is 4.93. The maximum absolute atomic E-state index is 12.6. The predicted molar refractivity (Wildman–Crippen MR) is 74.7 cm³/mol. The number of rotatable bonds is 2. The molecule has 0 bridgehead atoms. The lowest BCUT2D eigenvalue weighted by Crippen LogP contribution is -2.57. The number of carbonyl (C=O) groups excluding carboxylic acids is 1. The summed E-state index contributed by atoms with van der Waals surface area (Å²) in [6, 6.07) is -0.359. The van der Waals surface area contributed by atoms with E-state index in [1.54, 1.807) is 0 Å². The minimum atomic E-state index is -4.10. The Balaban J connectivity index is 1.84. The Labute approximate surface area is 124 Å². The van der Waals surface area contributed by atoms with E-state index in [1.165, 1.54) is 0 Å². The molecule has 3 nitrogen and oxygen atoms in total. The lowest BCUT2D eigenvalue weighted by molar-refractivity contribution is -0.182. The van der Waals surface area contributed by atoms with Gasteiger partial charge in [-0.2, -0.15) is 13.2 Å². The lowest BCUT2D eigenvalue weighted by atomic mass is 9.77. The summed E-state index contributed by atoms with van der Waals surface area (Å²) in [5, 5.41) is 6.19. The van der Waals surface area contributed by atoms with Gasteiger partial charge in [0.2, 0.25) is 5.91 Å². The van der Waals surface area contributed by atoms with Crippen LogP contribution in [0.4, 0.5) is 13.2 Å². The largest absolute Gasteiger partial charge is 0.391 e. The molecule has 0 radical (unpaired) electrons. The quantitative estimate of drug-likeness (QED) is 0.823. The molecule has 0 aromatic carbocycles. The molecule has 2 aliphatic rings. The summed E-state index contributed by atoms with van der Waals surface area (Å²) < 4.78 is 37.9. The van der Waals surface area contributed by atoms with Crippen molar-refractivity contribution in [2.24, 2.45) is 11.3 Å². The van der Waals surface area contributed by atoms with Crippen LogP contribution in [0.1, 0.15) is 52.4 Å². The van der Waals surface area contributed by atoms with Gasteiger partial charge < -0.3 is 10.6 Å². The van der Waals surface area contributed by atoms with Gasteiger partial charge in [0.1, 0.15) is 0 Å². The maximum Gasteiger partial charge on any atom is 0.391 e. The first-order chi connectivity index (χ1) is 9.70. The summed E-state index contributed by atoms with van der Waals surface area (Å²) in [6.07, 6.45) is -0.980. The highest BCUT2D eigenvalue weighted by atomic mass is 19.4. The van der Waals surface area contributed by atoms with Gasteiger partial charge in [0.15, 0.2) is 0 Å². The molecular weight excluding hydrogens is 281 g/mol. The minimum absolute atomic E-state index is 0.0600. The SMILES string of the molecule is CC1(C)CCCNC1C(=O)NC1CCC(C(F)(F)F)CC1. The smallest absolute Gasteiger partial charge is 0.352 e. The molecule has 0 aromatic rings. The van der Waals surface area contributed by atoms with Gasteiger partial charge in [0.05, 0.1) is 12.0 Å². The van der Waals surface area contributed by atoms with Crippen molar-refractivity contribution in [3.05, 3.63) is 0 Å². The number of hydrogen-bond donors (Lipinski definition) is 2. The van der Waals surface area contributed by atoms with E-state index in [-0.39, 0.29) is 36.2 Å². The number of halogens is 3. The Kier molecular flexibility index (Phi) is 4.85. The van der Waals surface area contributed by atoms with Gasteiger partial charge in [0.25, 0.3) is 0 Å². The van der Waals surface area contributed by atoms with Crippen LogP contribution in [0.3, 0.4) is 0 Å². The topological polar surface area (TPSA) is 41.1 Å². The second kappa shape index (κ2) is 6.15. The standard InChI is InChI=1S/C15H25F3N2O/c1-14(2)8-3-9-19-12(14)13(21)20-11-6-4-10(5-7-11)15(16,17)18/h10-12,19H,3-9H2,1-2H3,(H,20,21). The number of hydrogen-bond acceptors (Lipinski definition) is 2. The van der Waals surface area contributed by atoms with E-state index in [0.29, 0.717) is 12.8 Å². The Bertz CT molecular complexity index is 374. The van der Waals surface area contributed by atoms with Gasteiger partial charge in [-0.1, -0.05) is 13.8 Å². The third-order valence-corrected chi connectivity index (χ3v) is 4.93. The van der Waals surface area contributed by atoms with E-state index in [2.05, 4.69) is 24.5 Å². The Hall–Kier alpha value is -0.780. The summed E-state index contributed by atoms with van der Waals surface area (Å²) in [6.45, 7) is 4.94. The van der Waals surface area contributed by atoms with Gasteiger partial charge in [-0.15, -0.1) is 0 Å². The average Bonchev–Trinajstić information content (AvgIpc) is 2.37. The Morgan fingerprint density at radius 2 is 1.81 bits per heavy atom. The van der Waals surface area contributed by atoms with Crippen LogP contribution in [0.25, 0.3) is 0 Å². The summed E-state index contributed by atoms with van der Waals surface area (Å²) in [7, 11) is 0. The fourth-order valence-electron chi connectivity index (χ4n) is 3.51. The van der Waals surface area contributed by atoms with Crippen LogP contribution < -0.4 is 10.6 Å². The van der Waals surface area contributed by atoms with E-state index < -0.39 is 12.1 Å². The molecule has 1 aliphatic heterocycles. The molecular formula is C15H25F3N2O. The van der Waals surface area contributed by atoms with E-state index >= 15 is 0 Å². The molecule has 1 saturated carbocycles. The van der Waals surface area contributed by atoms with Gasteiger partial charge in [-0.05, 0) is 50.5 Å². The zero-order chi connectivity index (χ0) is 15.7. The molecule has 1 aliphatic carbocycles. The lowest BCUT2D eigenvalue weighted by Gasteiger charge is -2.39. The van der Waals surface area contributed by atoms with Crippen LogP contribution in [-0.2, 0) is 4.79 Å². The molecule has 1 atom stereocenters. The van der Waals surface area contributed by atoms with Gasteiger partial charge in [-0.25, -0.2) is 0 Å². The normalized spacial score (nSPS) is 33.5. The molecule has 21 heavy (non-hydrogen) atoms. The van der Waals surface area contributed by atoms with Gasteiger partial charge >= 0.3 is 6.18 Å². The Morgan fingerprint density at radius 3 is 2.33 bits per heavy atom. The van der Waals surface area contributed by atoms with Crippen LogP contribution in [0, 0.1) is 11.3 Å². The maximum atomic E-state index is 12.6. The molecule has 1 amide bonds. The fourth-order valence-corrected chi connectivity index (χ4v) is 3.51.